The van der Waals surface area contributed by atoms with Crippen molar-refractivity contribution in [2.75, 3.05) is 18.0 Å². The van der Waals surface area contributed by atoms with E-state index in [-0.39, 0.29) is 12.4 Å². The third kappa shape index (κ3) is 2.83. The molecule has 0 radical (unpaired) electrons. The zero-order chi connectivity index (χ0) is 13.0. The summed E-state index contributed by atoms with van der Waals surface area (Å²) in [5.41, 5.74) is 1.30. The van der Waals surface area contributed by atoms with Crippen molar-refractivity contribution in [3.8, 4) is 0 Å². The lowest BCUT2D eigenvalue weighted by Gasteiger charge is -2.34. The van der Waals surface area contributed by atoms with Gasteiger partial charge in [0.25, 0.3) is 0 Å². The van der Waals surface area contributed by atoms with Crippen LogP contribution in [0.25, 0.3) is 0 Å². The second-order valence-corrected chi connectivity index (χ2v) is 5.11. The summed E-state index contributed by atoms with van der Waals surface area (Å²) in [6.45, 7) is 3.95. The number of rotatable bonds is 4. The van der Waals surface area contributed by atoms with Gasteiger partial charge in [-0.3, -0.25) is 0 Å². The van der Waals surface area contributed by atoms with Crippen LogP contribution in [-0.2, 0) is 6.61 Å². The van der Waals surface area contributed by atoms with Crippen LogP contribution < -0.4 is 4.90 Å². The molecule has 0 saturated carbocycles. The summed E-state index contributed by atoms with van der Waals surface area (Å²) >= 11 is 0. The summed E-state index contributed by atoms with van der Waals surface area (Å²) in [6, 6.07) is 5.05. The number of piperidine rings is 1. The average Bonchev–Trinajstić information content (AvgIpc) is 2.40. The molecule has 1 aromatic rings. The summed E-state index contributed by atoms with van der Waals surface area (Å²) in [6.07, 6.45) is 4.89. The number of aliphatic hydroxyl groups excluding tert-OH is 1. The number of halogens is 1. The van der Waals surface area contributed by atoms with Crippen LogP contribution in [0.1, 0.15) is 38.2 Å². The molecule has 1 saturated heterocycles. The number of hydrogen-bond donors (Lipinski definition) is 1. The Morgan fingerprint density at radius 2 is 2.06 bits per heavy atom. The monoisotopic (exact) mass is 251 g/mol. The van der Waals surface area contributed by atoms with E-state index in [1.54, 1.807) is 6.07 Å². The first-order chi connectivity index (χ1) is 8.76. The first-order valence-electron chi connectivity index (χ1n) is 6.89. The van der Waals surface area contributed by atoms with Gasteiger partial charge in [-0.05, 0) is 30.9 Å². The van der Waals surface area contributed by atoms with Gasteiger partial charge in [0.1, 0.15) is 5.82 Å². The lowest BCUT2D eigenvalue weighted by molar-refractivity contribution is 0.275. The Labute approximate surface area is 108 Å². The fraction of sp³-hybridized carbons (Fsp3) is 0.600. The molecule has 18 heavy (non-hydrogen) atoms. The Morgan fingerprint density at radius 1 is 1.33 bits per heavy atom. The van der Waals surface area contributed by atoms with Crippen molar-refractivity contribution in [3.05, 3.63) is 29.6 Å². The maximum atomic E-state index is 13.6. The van der Waals surface area contributed by atoms with Crippen LogP contribution in [0, 0.1) is 11.7 Å². The number of anilines is 1. The van der Waals surface area contributed by atoms with Crippen LogP contribution in [0.5, 0.6) is 0 Å². The van der Waals surface area contributed by atoms with Gasteiger partial charge in [0, 0.05) is 24.3 Å². The highest BCUT2D eigenvalue weighted by Crippen LogP contribution is 2.29. The fourth-order valence-corrected chi connectivity index (χ4v) is 2.87. The second kappa shape index (κ2) is 6.19. The molecule has 1 fully saturated rings. The molecule has 0 spiro atoms. The van der Waals surface area contributed by atoms with Crippen molar-refractivity contribution in [2.45, 2.75) is 39.2 Å². The molecule has 1 heterocycles. The largest absolute Gasteiger partial charge is 0.391 e. The molecule has 1 aliphatic rings. The van der Waals surface area contributed by atoms with E-state index in [0.717, 1.165) is 24.7 Å². The fourth-order valence-electron chi connectivity index (χ4n) is 2.87. The van der Waals surface area contributed by atoms with E-state index in [1.807, 2.05) is 6.07 Å². The summed E-state index contributed by atoms with van der Waals surface area (Å²) in [5.74, 6) is 0.517. The second-order valence-electron chi connectivity index (χ2n) is 5.11. The van der Waals surface area contributed by atoms with Crippen LogP contribution >= 0.6 is 0 Å². The van der Waals surface area contributed by atoms with Crippen molar-refractivity contribution in [1.29, 1.82) is 0 Å². The van der Waals surface area contributed by atoms with Crippen LogP contribution in [0.3, 0.4) is 0 Å². The highest BCUT2D eigenvalue weighted by atomic mass is 19.1. The first kappa shape index (κ1) is 13.3. The number of nitrogens with zero attached hydrogens (tertiary/aromatic N) is 1. The zero-order valence-electron chi connectivity index (χ0n) is 11.0. The molecule has 1 N–H and O–H groups in total. The van der Waals surface area contributed by atoms with Gasteiger partial charge in [-0.15, -0.1) is 0 Å². The maximum Gasteiger partial charge on any atom is 0.130 e. The van der Waals surface area contributed by atoms with Gasteiger partial charge in [0.2, 0.25) is 0 Å². The third-order valence-corrected chi connectivity index (χ3v) is 3.90. The van der Waals surface area contributed by atoms with Gasteiger partial charge in [-0.1, -0.05) is 25.8 Å². The molecule has 0 aromatic heterocycles. The number of aliphatic hydroxyl groups is 1. The van der Waals surface area contributed by atoms with Gasteiger partial charge >= 0.3 is 0 Å². The lowest BCUT2D eigenvalue weighted by atomic mass is 9.92. The van der Waals surface area contributed by atoms with E-state index in [2.05, 4.69) is 11.8 Å². The van der Waals surface area contributed by atoms with E-state index in [4.69, 9.17) is 0 Å². The number of hydrogen-bond acceptors (Lipinski definition) is 2. The molecule has 0 bridgehead atoms. The molecule has 0 atom stereocenters. The van der Waals surface area contributed by atoms with E-state index >= 15 is 0 Å². The van der Waals surface area contributed by atoms with E-state index in [0.29, 0.717) is 5.56 Å². The van der Waals surface area contributed by atoms with Gasteiger partial charge in [-0.25, -0.2) is 4.39 Å². The van der Waals surface area contributed by atoms with Crippen LogP contribution in [0.15, 0.2) is 18.2 Å². The van der Waals surface area contributed by atoms with E-state index < -0.39 is 0 Å². The molecule has 100 valence electrons. The minimum Gasteiger partial charge on any atom is -0.391 e. The predicted molar refractivity (Wildman–Crippen MR) is 72.2 cm³/mol. The molecular formula is C15H22FNO. The quantitative estimate of drug-likeness (QED) is 0.887. The summed E-state index contributed by atoms with van der Waals surface area (Å²) in [4.78, 5) is 2.21. The van der Waals surface area contributed by atoms with Crippen molar-refractivity contribution >= 4 is 5.69 Å². The van der Waals surface area contributed by atoms with Crippen molar-refractivity contribution in [1.82, 2.24) is 0 Å². The van der Waals surface area contributed by atoms with Gasteiger partial charge in [0.05, 0.1) is 6.61 Å². The first-order valence-corrected chi connectivity index (χ1v) is 6.89. The van der Waals surface area contributed by atoms with Crippen molar-refractivity contribution < 1.29 is 9.50 Å². The van der Waals surface area contributed by atoms with Crippen molar-refractivity contribution in [3.63, 3.8) is 0 Å². The Balaban J connectivity index is 2.07. The molecule has 0 aliphatic carbocycles. The summed E-state index contributed by atoms with van der Waals surface area (Å²) in [7, 11) is 0. The molecule has 3 heteroatoms. The average molecular weight is 251 g/mol. The SMILES string of the molecule is CCCC1CCN(c2cccc(F)c2CO)CC1. The third-order valence-electron chi connectivity index (χ3n) is 3.90. The minimum absolute atomic E-state index is 0.225. The highest BCUT2D eigenvalue weighted by Gasteiger charge is 2.21. The molecule has 1 aromatic carbocycles. The Morgan fingerprint density at radius 3 is 2.67 bits per heavy atom. The van der Waals surface area contributed by atoms with Crippen LogP contribution in [-0.4, -0.2) is 18.2 Å². The Kier molecular flexibility index (Phi) is 4.59. The molecule has 1 aliphatic heterocycles. The smallest absolute Gasteiger partial charge is 0.130 e. The minimum atomic E-state index is -0.300. The lowest BCUT2D eigenvalue weighted by Crippen LogP contribution is -2.34. The van der Waals surface area contributed by atoms with Gasteiger partial charge < -0.3 is 10.0 Å². The molecule has 0 unspecified atom stereocenters. The topological polar surface area (TPSA) is 23.5 Å². The van der Waals surface area contributed by atoms with E-state index in [9.17, 15) is 9.50 Å². The normalized spacial score (nSPS) is 17.2. The molecule has 0 amide bonds. The number of benzene rings is 1. The van der Waals surface area contributed by atoms with Crippen LogP contribution in [0.4, 0.5) is 10.1 Å². The van der Waals surface area contributed by atoms with Crippen LogP contribution in [0.2, 0.25) is 0 Å². The predicted octanol–water partition coefficient (Wildman–Crippen LogP) is 3.33. The van der Waals surface area contributed by atoms with Gasteiger partial charge in [0.15, 0.2) is 0 Å². The Hall–Kier alpha value is -1.09. The molecule has 2 nitrogen and oxygen atoms in total. The standard InChI is InChI=1S/C15H22FNO/c1-2-4-12-7-9-17(10-8-12)15-6-3-5-14(16)13(15)11-18/h3,5-6,12,18H,2,4,7-11H2,1H3. The molecule has 2 rings (SSSR count). The van der Waals surface area contributed by atoms with Crippen molar-refractivity contribution in [2.24, 2.45) is 5.92 Å². The van der Waals surface area contributed by atoms with E-state index in [1.165, 1.54) is 31.7 Å². The van der Waals surface area contributed by atoms with Gasteiger partial charge in [-0.2, -0.15) is 0 Å². The summed E-state index contributed by atoms with van der Waals surface area (Å²) < 4.78 is 13.6. The maximum absolute atomic E-state index is 13.6. The molecular weight excluding hydrogens is 229 g/mol. The summed E-state index contributed by atoms with van der Waals surface area (Å²) in [5, 5.41) is 9.30. The zero-order valence-corrected chi connectivity index (χ0v) is 11.0. The Bertz CT molecular complexity index is 386. The highest BCUT2D eigenvalue weighted by molar-refractivity contribution is 5.54.